The maximum atomic E-state index is 13.2. The predicted molar refractivity (Wildman–Crippen MR) is 72.1 cm³/mol. The Bertz CT molecular complexity index is 371. The monoisotopic (exact) mass is 308 g/mol. The zero-order valence-electron chi connectivity index (χ0n) is 9.30. The average Bonchev–Trinajstić information content (AvgIpc) is 2.20. The highest BCUT2D eigenvalue weighted by Crippen LogP contribution is 2.34. The number of rotatable bonds is 4. The van der Waals surface area contributed by atoms with E-state index in [2.05, 4.69) is 15.9 Å². The summed E-state index contributed by atoms with van der Waals surface area (Å²) >= 11 is 9.01. The smallest absolute Gasteiger partial charge is 0.123 e. The molecular formula is C11H15BrClFN2. The minimum absolute atomic E-state index is 0.523. The fourth-order valence-corrected chi connectivity index (χ4v) is 2.38. The highest BCUT2D eigenvalue weighted by Gasteiger charge is 2.13. The number of nitrogen functional groups attached to an aromatic ring is 1. The van der Waals surface area contributed by atoms with E-state index < -0.39 is 6.17 Å². The quantitative estimate of drug-likeness (QED) is 0.678. The van der Waals surface area contributed by atoms with E-state index in [-0.39, 0.29) is 0 Å². The van der Waals surface area contributed by atoms with Gasteiger partial charge in [0.2, 0.25) is 0 Å². The molecule has 0 aliphatic rings. The summed E-state index contributed by atoms with van der Waals surface area (Å²) in [7, 11) is 1.90. The molecule has 0 saturated heterocycles. The van der Waals surface area contributed by atoms with Crippen molar-refractivity contribution in [1.82, 2.24) is 0 Å². The van der Waals surface area contributed by atoms with E-state index in [1.165, 1.54) is 6.92 Å². The van der Waals surface area contributed by atoms with Crippen LogP contribution in [0.4, 0.5) is 15.8 Å². The van der Waals surface area contributed by atoms with Crippen molar-refractivity contribution < 1.29 is 4.39 Å². The highest BCUT2D eigenvalue weighted by molar-refractivity contribution is 9.10. The van der Waals surface area contributed by atoms with E-state index in [1.807, 2.05) is 18.0 Å². The van der Waals surface area contributed by atoms with Gasteiger partial charge >= 0.3 is 0 Å². The SMILES string of the molecule is CC(F)c1cc(N)c(N(C)CCCl)cc1Br. The second-order valence-corrected chi connectivity index (χ2v) is 4.89. The van der Waals surface area contributed by atoms with Crippen LogP contribution in [0.3, 0.4) is 0 Å². The average molecular weight is 310 g/mol. The summed E-state index contributed by atoms with van der Waals surface area (Å²) in [4.78, 5) is 1.94. The fourth-order valence-electron chi connectivity index (χ4n) is 1.48. The van der Waals surface area contributed by atoms with Crippen LogP contribution in [0.5, 0.6) is 0 Å². The van der Waals surface area contributed by atoms with Crippen LogP contribution in [0.1, 0.15) is 18.7 Å². The Labute approximate surface area is 109 Å². The third-order valence-electron chi connectivity index (χ3n) is 2.41. The molecule has 1 atom stereocenters. The third kappa shape index (κ3) is 3.01. The predicted octanol–water partition coefficient (Wildman–Crippen LogP) is 3.74. The molecule has 1 rings (SSSR count). The number of hydrogen-bond acceptors (Lipinski definition) is 2. The van der Waals surface area contributed by atoms with Crippen LogP contribution >= 0.6 is 27.5 Å². The lowest BCUT2D eigenvalue weighted by atomic mass is 10.1. The van der Waals surface area contributed by atoms with Crippen LogP contribution in [0.15, 0.2) is 16.6 Å². The van der Waals surface area contributed by atoms with Crippen molar-refractivity contribution in [3.8, 4) is 0 Å². The molecule has 0 aliphatic heterocycles. The first kappa shape index (κ1) is 13.6. The molecular weight excluding hydrogens is 294 g/mol. The Morgan fingerprint density at radius 1 is 1.56 bits per heavy atom. The highest BCUT2D eigenvalue weighted by atomic mass is 79.9. The van der Waals surface area contributed by atoms with Crippen molar-refractivity contribution in [3.63, 3.8) is 0 Å². The number of anilines is 2. The second-order valence-electron chi connectivity index (χ2n) is 3.66. The Balaban J connectivity index is 3.10. The maximum absolute atomic E-state index is 13.2. The van der Waals surface area contributed by atoms with Gasteiger partial charge in [-0.2, -0.15) is 0 Å². The van der Waals surface area contributed by atoms with E-state index in [0.717, 1.165) is 10.2 Å². The molecule has 1 aromatic rings. The second kappa shape index (κ2) is 5.73. The standard InChI is InChI=1S/C11H15BrClFN2/c1-7(14)8-5-10(15)11(6-9(8)12)16(2)4-3-13/h5-7H,3-4,15H2,1-2H3. The van der Waals surface area contributed by atoms with Gasteiger partial charge in [-0.05, 0) is 19.1 Å². The van der Waals surface area contributed by atoms with Crippen molar-refractivity contribution in [1.29, 1.82) is 0 Å². The van der Waals surface area contributed by atoms with Crippen LogP contribution < -0.4 is 10.6 Å². The first-order chi connectivity index (χ1) is 7.47. The molecule has 0 bridgehead atoms. The lowest BCUT2D eigenvalue weighted by Gasteiger charge is -2.21. The number of nitrogens with two attached hydrogens (primary N) is 1. The summed E-state index contributed by atoms with van der Waals surface area (Å²) in [6.45, 7) is 2.18. The van der Waals surface area contributed by atoms with Crippen molar-refractivity contribution in [2.24, 2.45) is 0 Å². The molecule has 0 fully saturated rings. The molecule has 90 valence electrons. The summed E-state index contributed by atoms with van der Waals surface area (Å²) < 4.78 is 14.0. The number of nitrogens with zero attached hydrogens (tertiary/aromatic N) is 1. The Morgan fingerprint density at radius 2 is 2.19 bits per heavy atom. The Kier molecular flexibility index (Phi) is 4.87. The zero-order valence-corrected chi connectivity index (χ0v) is 11.6. The van der Waals surface area contributed by atoms with E-state index >= 15 is 0 Å². The van der Waals surface area contributed by atoms with Crippen LogP contribution in [0.25, 0.3) is 0 Å². The molecule has 16 heavy (non-hydrogen) atoms. The van der Waals surface area contributed by atoms with Gasteiger partial charge < -0.3 is 10.6 Å². The van der Waals surface area contributed by atoms with Gasteiger partial charge in [0.1, 0.15) is 6.17 Å². The molecule has 5 heteroatoms. The maximum Gasteiger partial charge on any atom is 0.123 e. The molecule has 2 nitrogen and oxygen atoms in total. The molecule has 1 aromatic carbocycles. The molecule has 1 unspecified atom stereocenters. The molecule has 0 radical (unpaired) electrons. The number of alkyl halides is 2. The van der Waals surface area contributed by atoms with E-state index in [9.17, 15) is 4.39 Å². The third-order valence-corrected chi connectivity index (χ3v) is 3.26. The van der Waals surface area contributed by atoms with Crippen molar-refractivity contribution in [3.05, 3.63) is 22.2 Å². The summed E-state index contributed by atoms with van der Waals surface area (Å²) in [5.74, 6) is 0.523. The van der Waals surface area contributed by atoms with Gasteiger partial charge in [0.05, 0.1) is 11.4 Å². The van der Waals surface area contributed by atoms with Gasteiger partial charge in [0.25, 0.3) is 0 Å². The number of benzene rings is 1. The molecule has 0 heterocycles. The van der Waals surface area contributed by atoms with Gasteiger partial charge in [-0.1, -0.05) is 15.9 Å². The van der Waals surface area contributed by atoms with Gasteiger partial charge in [0.15, 0.2) is 0 Å². The largest absolute Gasteiger partial charge is 0.397 e. The topological polar surface area (TPSA) is 29.3 Å². The minimum Gasteiger partial charge on any atom is -0.397 e. The number of halogens is 3. The first-order valence-electron chi connectivity index (χ1n) is 4.97. The van der Waals surface area contributed by atoms with Crippen LogP contribution in [0, 0.1) is 0 Å². The fraction of sp³-hybridized carbons (Fsp3) is 0.455. The lowest BCUT2D eigenvalue weighted by Crippen LogP contribution is -2.21. The molecule has 2 N–H and O–H groups in total. The normalized spacial score (nSPS) is 12.6. The Hall–Kier alpha value is -0.480. The summed E-state index contributed by atoms with van der Waals surface area (Å²) in [6.07, 6.45) is -1.04. The molecule has 0 spiro atoms. The van der Waals surface area contributed by atoms with Gasteiger partial charge in [-0.25, -0.2) is 4.39 Å². The van der Waals surface area contributed by atoms with Crippen molar-refractivity contribution in [2.75, 3.05) is 30.1 Å². The molecule has 0 aliphatic carbocycles. The van der Waals surface area contributed by atoms with Gasteiger partial charge in [0, 0.05) is 29.5 Å². The van der Waals surface area contributed by atoms with Crippen LogP contribution in [-0.2, 0) is 0 Å². The van der Waals surface area contributed by atoms with Crippen molar-refractivity contribution in [2.45, 2.75) is 13.1 Å². The van der Waals surface area contributed by atoms with Crippen LogP contribution in [-0.4, -0.2) is 19.5 Å². The van der Waals surface area contributed by atoms with Gasteiger partial charge in [-0.3, -0.25) is 0 Å². The van der Waals surface area contributed by atoms with Crippen LogP contribution in [0.2, 0.25) is 0 Å². The molecule has 0 amide bonds. The zero-order chi connectivity index (χ0) is 12.3. The van der Waals surface area contributed by atoms with E-state index in [0.29, 0.717) is 23.7 Å². The number of hydrogen-bond donors (Lipinski definition) is 1. The first-order valence-corrected chi connectivity index (χ1v) is 6.30. The Morgan fingerprint density at radius 3 is 2.69 bits per heavy atom. The van der Waals surface area contributed by atoms with Crippen molar-refractivity contribution >= 4 is 38.9 Å². The summed E-state index contributed by atoms with van der Waals surface area (Å²) in [5, 5.41) is 0. The molecule has 0 aromatic heterocycles. The lowest BCUT2D eigenvalue weighted by molar-refractivity contribution is 0.373. The van der Waals surface area contributed by atoms with Gasteiger partial charge in [-0.15, -0.1) is 11.6 Å². The van der Waals surface area contributed by atoms with E-state index in [1.54, 1.807) is 6.07 Å². The molecule has 0 saturated carbocycles. The summed E-state index contributed by atoms with van der Waals surface area (Å²) in [5.41, 5.74) is 7.88. The van der Waals surface area contributed by atoms with E-state index in [4.69, 9.17) is 17.3 Å². The summed E-state index contributed by atoms with van der Waals surface area (Å²) in [6, 6.07) is 3.49. The minimum atomic E-state index is -1.04.